The number of carbonyl (C=O) groups is 1. The first-order valence-corrected chi connectivity index (χ1v) is 12.0. The molecule has 0 saturated carbocycles. The Hall–Kier alpha value is -4.45. The SMILES string of the molecule is O=C(NC1c2ccccc2-c2c(-c3cnc4c(c3)CCCN4)cccc21)c1ccnc2[nH]ccc12. The molecule has 170 valence electrons. The van der Waals surface area contributed by atoms with Gasteiger partial charge in [-0.05, 0) is 64.4 Å². The minimum atomic E-state index is -0.233. The third-order valence-electron chi connectivity index (χ3n) is 7.12. The van der Waals surface area contributed by atoms with Crippen molar-refractivity contribution in [2.75, 3.05) is 11.9 Å². The number of nitrogens with zero attached hydrogens (tertiary/aromatic N) is 2. The van der Waals surface area contributed by atoms with Gasteiger partial charge in [0, 0.05) is 36.1 Å². The van der Waals surface area contributed by atoms with Crippen molar-refractivity contribution in [2.45, 2.75) is 18.9 Å². The molecule has 2 aliphatic rings. The van der Waals surface area contributed by atoms with E-state index in [0.717, 1.165) is 58.4 Å². The molecule has 0 saturated heterocycles. The van der Waals surface area contributed by atoms with Crippen LogP contribution in [0.15, 0.2) is 79.3 Å². The zero-order valence-corrected chi connectivity index (χ0v) is 19.0. The summed E-state index contributed by atoms with van der Waals surface area (Å²) >= 11 is 0. The van der Waals surface area contributed by atoms with Gasteiger partial charge in [0.2, 0.25) is 0 Å². The maximum atomic E-state index is 13.5. The summed E-state index contributed by atoms with van der Waals surface area (Å²) in [6.07, 6.45) is 7.59. The van der Waals surface area contributed by atoms with Gasteiger partial charge in [-0.15, -0.1) is 0 Å². The van der Waals surface area contributed by atoms with E-state index in [2.05, 4.69) is 63.1 Å². The van der Waals surface area contributed by atoms with E-state index in [0.29, 0.717) is 11.2 Å². The van der Waals surface area contributed by atoms with Gasteiger partial charge in [0.15, 0.2) is 0 Å². The van der Waals surface area contributed by atoms with Gasteiger partial charge in [0.25, 0.3) is 5.91 Å². The molecule has 0 radical (unpaired) electrons. The van der Waals surface area contributed by atoms with Crippen LogP contribution >= 0.6 is 0 Å². The van der Waals surface area contributed by atoms with Gasteiger partial charge < -0.3 is 15.6 Å². The quantitative estimate of drug-likeness (QED) is 0.335. The van der Waals surface area contributed by atoms with Crippen LogP contribution in [0, 0.1) is 0 Å². The van der Waals surface area contributed by atoms with Crippen molar-refractivity contribution in [3.8, 4) is 22.3 Å². The number of aromatic nitrogens is 3. The first-order valence-electron chi connectivity index (χ1n) is 12.0. The Kier molecular flexibility index (Phi) is 4.45. The second-order valence-corrected chi connectivity index (χ2v) is 9.12. The first kappa shape index (κ1) is 20.0. The number of hydrogen-bond acceptors (Lipinski definition) is 4. The van der Waals surface area contributed by atoms with Gasteiger partial charge in [-0.1, -0.05) is 42.5 Å². The Balaban J connectivity index is 1.33. The van der Waals surface area contributed by atoms with Crippen LogP contribution in [0.3, 0.4) is 0 Å². The Labute approximate surface area is 202 Å². The van der Waals surface area contributed by atoms with Crippen molar-refractivity contribution in [2.24, 2.45) is 0 Å². The second kappa shape index (κ2) is 7.81. The highest BCUT2D eigenvalue weighted by Crippen LogP contribution is 2.48. The lowest BCUT2D eigenvalue weighted by Gasteiger charge is -2.19. The Morgan fingerprint density at radius 1 is 0.971 bits per heavy atom. The van der Waals surface area contributed by atoms with E-state index in [-0.39, 0.29) is 11.9 Å². The number of rotatable bonds is 3. The van der Waals surface area contributed by atoms with E-state index in [1.807, 2.05) is 24.5 Å². The molecule has 3 N–H and O–H groups in total. The van der Waals surface area contributed by atoms with Crippen LogP contribution in [0.25, 0.3) is 33.3 Å². The van der Waals surface area contributed by atoms with Crippen LogP contribution < -0.4 is 10.6 Å². The van der Waals surface area contributed by atoms with Gasteiger partial charge in [-0.2, -0.15) is 0 Å². The summed E-state index contributed by atoms with van der Waals surface area (Å²) in [6, 6.07) is 20.4. The zero-order chi connectivity index (χ0) is 23.4. The predicted octanol–water partition coefficient (Wildman–Crippen LogP) is 5.48. The fourth-order valence-corrected chi connectivity index (χ4v) is 5.51. The maximum absolute atomic E-state index is 13.5. The summed E-state index contributed by atoms with van der Waals surface area (Å²) in [4.78, 5) is 25.6. The molecule has 0 bridgehead atoms. The van der Waals surface area contributed by atoms with Gasteiger partial charge in [-0.3, -0.25) is 4.79 Å². The maximum Gasteiger partial charge on any atom is 0.252 e. The molecular weight excluding hydrogens is 434 g/mol. The first-order chi connectivity index (χ1) is 17.3. The molecule has 6 heteroatoms. The van der Waals surface area contributed by atoms with Crippen LogP contribution in [0.5, 0.6) is 0 Å². The molecule has 1 amide bonds. The van der Waals surface area contributed by atoms with Crippen molar-refractivity contribution in [3.05, 3.63) is 102 Å². The molecule has 0 spiro atoms. The van der Waals surface area contributed by atoms with Crippen molar-refractivity contribution in [1.29, 1.82) is 0 Å². The molecule has 1 unspecified atom stereocenters. The third kappa shape index (κ3) is 3.14. The predicted molar refractivity (Wildman–Crippen MR) is 137 cm³/mol. The van der Waals surface area contributed by atoms with E-state index >= 15 is 0 Å². The Morgan fingerprint density at radius 3 is 2.83 bits per heavy atom. The smallest absolute Gasteiger partial charge is 0.252 e. The number of benzene rings is 2. The summed E-state index contributed by atoms with van der Waals surface area (Å²) in [5, 5.41) is 7.53. The molecule has 35 heavy (non-hydrogen) atoms. The van der Waals surface area contributed by atoms with Crippen molar-refractivity contribution < 1.29 is 4.79 Å². The highest BCUT2D eigenvalue weighted by molar-refractivity contribution is 6.06. The van der Waals surface area contributed by atoms with E-state index in [4.69, 9.17) is 4.98 Å². The summed E-state index contributed by atoms with van der Waals surface area (Å²) in [6.45, 7) is 0.974. The van der Waals surface area contributed by atoms with E-state index in [1.54, 1.807) is 12.3 Å². The van der Waals surface area contributed by atoms with Gasteiger partial charge in [0.1, 0.15) is 11.5 Å². The topological polar surface area (TPSA) is 82.7 Å². The Bertz CT molecular complexity index is 1620. The minimum absolute atomic E-state index is 0.114. The number of aromatic amines is 1. The lowest BCUT2D eigenvalue weighted by molar-refractivity contribution is 0.0945. The van der Waals surface area contributed by atoms with E-state index < -0.39 is 0 Å². The number of pyridine rings is 2. The number of anilines is 1. The molecular formula is C29H23N5O. The molecule has 1 atom stereocenters. The normalized spacial score (nSPS) is 15.7. The number of fused-ring (bicyclic) bond motifs is 5. The van der Waals surface area contributed by atoms with Crippen molar-refractivity contribution in [1.82, 2.24) is 20.3 Å². The molecule has 1 aliphatic heterocycles. The average Bonchev–Trinajstić information content (AvgIpc) is 3.51. The van der Waals surface area contributed by atoms with Crippen LogP contribution in [-0.2, 0) is 6.42 Å². The van der Waals surface area contributed by atoms with E-state index in [9.17, 15) is 4.79 Å². The standard InChI is InChI=1S/C29H23N5O/c35-29(23-11-14-32-28-22(23)10-13-31-28)34-26-21-7-2-1-6-20(21)25-19(8-3-9-24(25)26)18-15-17-5-4-12-30-27(17)33-16-18/h1-3,6-11,13-16,26H,4-5,12H2,(H,30,33)(H,31,32)(H,34,35). The summed E-state index contributed by atoms with van der Waals surface area (Å²) in [7, 11) is 0. The molecule has 0 fully saturated rings. The third-order valence-corrected chi connectivity index (χ3v) is 7.12. The number of nitrogens with one attached hydrogen (secondary N) is 3. The largest absolute Gasteiger partial charge is 0.370 e. The average molecular weight is 458 g/mol. The fraction of sp³-hybridized carbons (Fsp3) is 0.138. The lowest BCUT2D eigenvalue weighted by atomic mass is 9.93. The Morgan fingerprint density at radius 2 is 1.86 bits per heavy atom. The number of carbonyl (C=O) groups excluding carboxylic acids is 1. The number of aryl methyl sites for hydroxylation is 1. The minimum Gasteiger partial charge on any atom is -0.370 e. The number of hydrogen-bond donors (Lipinski definition) is 3. The van der Waals surface area contributed by atoms with Gasteiger partial charge >= 0.3 is 0 Å². The highest BCUT2D eigenvalue weighted by Gasteiger charge is 2.32. The molecule has 2 aromatic carbocycles. The van der Waals surface area contributed by atoms with Crippen LogP contribution in [0.4, 0.5) is 5.82 Å². The van der Waals surface area contributed by atoms with Crippen LogP contribution in [0.2, 0.25) is 0 Å². The number of H-pyrrole nitrogens is 1. The van der Waals surface area contributed by atoms with Crippen molar-refractivity contribution >= 4 is 22.8 Å². The molecule has 5 aromatic rings. The van der Waals surface area contributed by atoms with Crippen LogP contribution in [-0.4, -0.2) is 27.4 Å². The summed E-state index contributed by atoms with van der Waals surface area (Å²) < 4.78 is 0. The molecule has 3 aromatic heterocycles. The monoisotopic (exact) mass is 457 g/mol. The summed E-state index contributed by atoms with van der Waals surface area (Å²) in [5.74, 6) is 0.878. The van der Waals surface area contributed by atoms with Gasteiger partial charge in [-0.25, -0.2) is 9.97 Å². The lowest BCUT2D eigenvalue weighted by Crippen LogP contribution is -2.28. The fourth-order valence-electron chi connectivity index (χ4n) is 5.51. The van der Waals surface area contributed by atoms with Crippen LogP contribution in [0.1, 0.15) is 39.5 Å². The summed E-state index contributed by atoms with van der Waals surface area (Å²) in [5.41, 5.74) is 9.37. The highest BCUT2D eigenvalue weighted by atomic mass is 16.1. The van der Waals surface area contributed by atoms with E-state index in [1.165, 1.54) is 11.1 Å². The molecule has 7 rings (SSSR count). The van der Waals surface area contributed by atoms with Crippen molar-refractivity contribution in [3.63, 3.8) is 0 Å². The number of amides is 1. The zero-order valence-electron chi connectivity index (χ0n) is 19.0. The molecule has 6 nitrogen and oxygen atoms in total. The second-order valence-electron chi connectivity index (χ2n) is 9.12. The molecule has 1 aliphatic carbocycles. The molecule has 4 heterocycles. The van der Waals surface area contributed by atoms with Gasteiger partial charge in [0.05, 0.1) is 11.6 Å².